The predicted octanol–water partition coefficient (Wildman–Crippen LogP) is 4.02. The summed E-state index contributed by atoms with van der Waals surface area (Å²) in [5, 5.41) is 22.2. The highest BCUT2D eigenvalue weighted by molar-refractivity contribution is 5.87. The lowest BCUT2D eigenvalue weighted by atomic mass is 10.1. The minimum absolute atomic E-state index is 0.221. The maximum Gasteiger partial charge on any atom is 0.416 e. The maximum absolute atomic E-state index is 13.2. The van der Waals surface area contributed by atoms with Crippen LogP contribution in [-0.4, -0.2) is 31.6 Å². The smallest absolute Gasteiger partial charge is 0.416 e. The lowest BCUT2D eigenvalue weighted by Crippen LogP contribution is -2.06. The van der Waals surface area contributed by atoms with Gasteiger partial charge < -0.3 is 15.5 Å². The quantitative estimate of drug-likeness (QED) is 0.462. The zero-order chi connectivity index (χ0) is 19.3. The summed E-state index contributed by atoms with van der Waals surface area (Å²) < 4.78 is 41.1. The molecule has 0 amide bonds. The van der Waals surface area contributed by atoms with Crippen molar-refractivity contribution in [2.24, 2.45) is 0 Å². The first-order valence-electron chi connectivity index (χ1n) is 7.88. The molecule has 4 rings (SSSR count). The molecule has 9 heteroatoms. The van der Waals surface area contributed by atoms with Gasteiger partial charge in [-0.15, -0.1) is 0 Å². The van der Waals surface area contributed by atoms with Gasteiger partial charge in [0, 0.05) is 12.6 Å². The van der Waals surface area contributed by atoms with Gasteiger partial charge in [0.25, 0.3) is 0 Å². The fourth-order valence-corrected chi connectivity index (χ4v) is 2.96. The molecular formula is C18H13F3N4O2. The van der Waals surface area contributed by atoms with Crippen LogP contribution in [0.1, 0.15) is 5.56 Å². The fraction of sp³-hybridized carbons (Fsp3) is 0.111. The summed E-state index contributed by atoms with van der Waals surface area (Å²) in [6, 6.07) is 7.45. The van der Waals surface area contributed by atoms with Crippen LogP contribution in [0.5, 0.6) is 11.5 Å². The molecule has 0 radical (unpaired) electrons. The normalized spacial score (nSPS) is 12.0. The molecule has 0 saturated heterocycles. The molecule has 2 aromatic carbocycles. The third-order valence-corrected chi connectivity index (χ3v) is 4.26. The summed E-state index contributed by atoms with van der Waals surface area (Å²) in [7, 11) is 1.64. The van der Waals surface area contributed by atoms with E-state index >= 15 is 0 Å². The Balaban J connectivity index is 2.11. The highest BCUT2D eigenvalue weighted by Gasteiger charge is 2.31. The Kier molecular flexibility index (Phi) is 3.62. The van der Waals surface area contributed by atoms with Gasteiger partial charge >= 0.3 is 6.18 Å². The van der Waals surface area contributed by atoms with Crippen molar-refractivity contribution in [3.8, 4) is 22.8 Å². The number of halogens is 3. The van der Waals surface area contributed by atoms with Crippen molar-refractivity contribution in [3.63, 3.8) is 0 Å². The Morgan fingerprint density at radius 2 is 1.81 bits per heavy atom. The van der Waals surface area contributed by atoms with Gasteiger partial charge in [0.15, 0.2) is 23.0 Å². The standard InChI is InChI=1S/C18H13F3N4O2/c1-22-16-17-23-8-13(9-2-5-14(26)15(27)6-9)25(17)12-7-10(18(19,20)21)3-4-11(12)24-16/h2-8,26-27H,1H3,(H,22,24). The van der Waals surface area contributed by atoms with Gasteiger partial charge in [-0.25, -0.2) is 9.97 Å². The third-order valence-electron chi connectivity index (χ3n) is 4.26. The molecule has 2 heterocycles. The SMILES string of the molecule is CNc1nc2ccc(C(F)(F)F)cc2n2c(-c3ccc(O)c(O)c3)cnc12. The van der Waals surface area contributed by atoms with E-state index in [-0.39, 0.29) is 17.0 Å². The number of nitrogens with zero attached hydrogens (tertiary/aromatic N) is 3. The Morgan fingerprint density at radius 3 is 2.48 bits per heavy atom. The van der Waals surface area contributed by atoms with Crippen LogP contribution in [0.3, 0.4) is 0 Å². The summed E-state index contributed by atoms with van der Waals surface area (Å²) >= 11 is 0. The van der Waals surface area contributed by atoms with E-state index in [1.807, 2.05) is 0 Å². The highest BCUT2D eigenvalue weighted by Crippen LogP contribution is 2.35. The van der Waals surface area contributed by atoms with E-state index in [1.165, 1.54) is 34.9 Å². The summed E-state index contributed by atoms with van der Waals surface area (Å²) in [6.45, 7) is 0. The Hall–Kier alpha value is -3.49. The number of aromatic nitrogens is 3. The molecule has 0 unspecified atom stereocenters. The van der Waals surface area contributed by atoms with Crippen LogP contribution in [0, 0.1) is 0 Å². The summed E-state index contributed by atoms with van der Waals surface area (Å²) in [5.41, 5.74) is 1.03. The Bertz CT molecular complexity index is 1180. The van der Waals surface area contributed by atoms with E-state index < -0.39 is 11.7 Å². The van der Waals surface area contributed by atoms with Gasteiger partial charge in [-0.1, -0.05) is 0 Å². The number of hydrogen-bond acceptors (Lipinski definition) is 5. The van der Waals surface area contributed by atoms with Crippen molar-refractivity contribution in [3.05, 3.63) is 48.2 Å². The van der Waals surface area contributed by atoms with Gasteiger partial charge in [0.05, 0.1) is 28.5 Å². The number of anilines is 1. The number of alkyl halides is 3. The zero-order valence-electron chi connectivity index (χ0n) is 13.9. The molecule has 0 spiro atoms. The lowest BCUT2D eigenvalue weighted by Gasteiger charge is -2.12. The van der Waals surface area contributed by atoms with Gasteiger partial charge in [-0.2, -0.15) is 13.2 Å². The molecule has 0 bridgehead atoms. The highest BCUT2D eigenvalue weighted by atomic mass is 19.4. The number of phenolic OH excluding ortho intramolecular Hbond substituents is 2. The number of nitrogens with one attached hydrogen (secondary N) is 1. The molecule has 0 fully saturated rings. The van der Waals surface area contributed by atoms with Crippen LogP contribution in [0.25, 0.3) is 27.9 Å². The number of phenols is 2. The van der Waals surface area contributed by atoms with E-state index in [1.54, 1.807) is 7.05 Å². The molecule has 0 aliphatic rings. The molecule has 6 nitrogen and oxygen atoms in total. The van der Waals surface area contributed by atoms with Crippen LogP contribution < -0.4 is 5.32 Å². The average molecular weight is 374 g/mol. The summed E-state index contributed by atoms with van der Waals surface area (Å²) in [5.74, 6) is -0.239. The molecule has 3 N–H and O–H groups in total. The van der Waals surface area contributed by atoms with Crippen LogP contribution in [-0.2, 0) is 6.18 Å². The largest absolute Gasteiger partial charge is 0.504 e. The van der Waals surface area contributed by atoms with Crippen molar-refractivity contribution in [2.45, 2.75) is 6.18 Å². The number of rotatable bonds is 2. The third kappa shape index (κ3) is 2.67. The van der Waals surface area contributed by atoms with Crippen LogP contribution >= 0.6 is 0 Å². The first kappa shape index (κ1) is 17.0. The number of aromatic hydroxyl groups is 2. The second-order valence-corrected chi connectivity index (χ2v) is 5.92. The average Bonchev–Trinajstić information content (AvgIpc) is 3.07. The van der Waals surface area contributed by atoms with Crippen LogP contribution in [0.15, 0.2) is 42.6 Å². The fourth-order valence-electron chi connectivity index (χ4n) is 2.96. The minimum atomic E-state index is -4.50. The van der Waals surface area contributed by atoms with Gasteiger partial charge in [-0.05, 0) is 36.4 Å². The van der Waals surface area contributed by atoms with Gasteiger partial charge in [0.1, 0.15) is 0 Å². The number of benzene rings is 2. The molecule has 4 aromatic rings. The Labute approximate surface area is 150 Å². The molecule has 138 valence electrons. The lowest BCUT2D eigenvalue weighted by molar-refractivity contribution is -0.137. The molecule has 0 saturated carbocycles. The van der Waals surface area contributed by atoms with Gasteiger partial charge in [0.2, 0.25) is 0 Å². The van der Waals surface area contributed by atoms with Crippen molar-refractivity contribution in [1.29, 1.82) is 0 Å². The topological polar surface area (TPSA) is 82.7 Å². The molecule has 0 atom stereocenters. The van der Waals surface area contributed by atoms with Gasteiger partial charge in [-0.3, -0.25) is 4.40 Å². The number of hydrogen-bond donors (Lipinski definition) is 3. The first-order valence-corrected chi connectivity index (χ1v) is 7.88. The number of imidazole rings is 1. The van der Waals surface area contributed by atoms with Crippen molar-refractivity contribution in [1.82, 2.24) is 14.4 Å². The second kappa shape index (κ2) is 5.76. The molecule has 0 aliphatic heterocycles. The van der Waals surface area contributed by atoms with Crippen LogP contribution in [0.4, 0.5) is 19.0 Å². The summed E-state index contributed by atoms with van der Waals surface area (Å²) in [6.07, 6.45) is -3.02. The second-order valence-electron chi connectivity index (χ2n) is 5.92. The Morgan fingerprint density at radius 1 is 1.04 bits per heavy atom. The maximum atomic E-state index is 13.2. The van der Waals surface area contributed by atoms with E-state index in [4.69, 9.17) is 0 Å². The minimum Gasteiger partial charge on any atom is -0.504 e. The van der Waals surface area contributed by atoms with Crippen LogP contribution in [0.2, 0.25) is 0 Å². The molecule has 0 aliphatic carbocycles. The monoisotopic (exact) mass is 374 g/mol. The van der Waals surface area contributed by atoms with E-state index in [0.717, 1.165) is 12.1 Å². The molecule has 27 heavy (non-hydrogen) atoms. The number of fused-ring (bicyclic) bond motifs is 3. The predicted molar refractivity (Wildman–Crippen MR) is 93.8 cm³/mol. The zero-order valence-corrected chi connectivity index (χ0v) is 13.9. The van der Waals surface area contributed by atoms with E-state index in [9.17, 15) is 23.4 Å². The van der Waals surface area contributed by atoms with Crippen molar-refractivity contribution >= 4 is 22.5 Å². The van der Waals surface area contributed by atoms with E-state index in [0.29, 0.717) is 28.2 Å². The van der Waals surface area contributed by atoms with Crippen molar-refractivity contribution in [2.75, 3.05) is 12.4 Å². The first-order chi connectivity index (χ1) is 12.8. The summed E-state index contributed by atoms with van der Waals surface area (Å²) in [4.78, 5) is 8.60. The molecular weight excluding hydrogens is 361 g/mol. The van der Waals surface area contributed by atoms with Crippen molar-refractivity contribution < 1.29 is 23.4 Å². The molecule has 2 aromatic heterocycles. The van der Waals surface area contributed by atoms with E-state index in [2.05, 4.69) is 15.3 Å².